The van der Waals surface area contributed by atoms with Crippen LogP contribution >= 0.6 is 0 Å². The number of benzene rings is 2. The van der Waals surface area contributed by atoms with Crippen LogP contribution in [0.2, 0.25) is 0 Å². The number of hydrogen-bond acceptors (Lipinski definition) is 3. The number of ether oxygens (including phenoxy) is 1. The van der Waals surface area contributed by atoms with Gasteiger partial charge in [-0.2, -0.15) is 0 Å². The highest BCUT2D eigenvalue weighted by Crippen LogP contribution is 2.23. The Labute approximate surface area is 136 Å². The van der Waals surface area contributed by atoms with Gasteiger partial charge in [-0.15, -0.1) is 0 Å². The van der Waals surface area contributed by atoms with Crippen molar-refractivity contribution in [2.75, 3.05) is 6.61 Å². The fraction of sp³-hybridized carbons (Fsp3) is 0.250. The lowest BCUT2D eigenvalue weighted by atomic mass is 10.1. The van der Waals surface area contributed by atoms with Crippen LogP contribution in [0.5, 0.6) is 5.75 Å². The molecule has 0 bridgehead atoms. The van der Waals surface area contributed by atoms with Gasteiger partial charge < -0.3 is 9.15 Å². The first kappa shape index (κ1) is 16.8. The van der Waals surface area contributed by atoms with Gasteiger partial charge in [-0.1, -0.05) is 35.9 Å². The van der Waals surface area contributed by atoms with Gasteiger partial charge in [0.05, 0.1) is 6.61 Å². The Hall–Kier alpha value is -2.55. The van der Waals surface area contributed by atoms with Crippen LogP contribution in [0.4, 0.5) is 0 Å². The Morgan fingerprint density at radius 3 is 2.22 bits per heavy atom. The summed E-state index contributed by atoms with van der Waals surface area (Å²) in [5, 5.41) is 0.959. The van der Waals surface area contributed by atoms with E-state index in [1.165, 1.54) is 5.56 Å². The summed E-state index contributed by atoms with van der Waals surface area (Å²) < 4.78 is 10.6. The summed E-state index contributed by atoms with van der Waals surface area (Å²) in [6.45, 7) is 8.30. The Morgan fingerprint density at radius 2 is 1.65 bits per heavy atom. The molecule has 23 heavy (non-hydrogen) atoms. The molecule has 3 rings (SSSR count). The minimum Gasteiger partial charge on any atom is -0.494 e. The molecule has 0 saturated carbocycles. The molecule has 0 fully saturated rings. The summed E-state index contributed by atoms with van der Waals surface area (Å²) in [6, 6.07) is 15.8. The summed E-state index contributed by atoms with van der Waals surface area (Å²) in [6.07, 6.45) is 0. The molecule has 0 amide bonds. The van der Waals surface area contributed by atoms with Gasteiger partial charge in [-0.05, 0) is 45.4 Å². The fourth-order valence-electron chi connectivity index (χ4n) is 2.22. The molecule has 0 aliphatic rings. The van der Waals surface area contributed by atoms with E-state index in [4.69, 9.17) is 9.15 Å². The molecule has 1 heterocycles. The highest BCUT2D eigenvalue weighted by atomic mass is 16.5. The first-order valence-corrected chi connectivity index (χ1v) is 7.71. The van der Waals surface area contributed by atoms with E-state index in [1.807, 2.05) is 44.2 Å². The average molecular weight is 310 g/mol. The van der Waals surface area contributed by atoms with Gasteiger partial charge in [0.25, 0.3) is 0 Å². The van der Waals surface area contributed by atoms with Crippen molar-refractivity contribution in [3.8, 4) is 5.75 Å². The Morgan fingerprint density at radius 1 is 0.957 bits per heavy atom. The zero-order chi connectivity index (χ0) is 16.8. The lowest BCUT2D eigenvalue weighted by Crippen LogP contribution is -2.05. The van der Waals surface area contributed by atoms with Gasteiger partial charge in [-0.25, -0.2) is 4.79 Å². The third kappa shape index (κ3) is 4.22. The van der Waals surface area contributed by atoms with Gasteiger partial charge in [0.15, 0.2) is 0 Å². The molecule has 3 nitrogen and oxygen atoms in total. The van der Waals surface area contributed by atoms with Gasteiger partial charge in [0.1, 0.15) is 11.3 Å². The number of fused-ring (bicyclic) bond motifs is 1. The zero-order valence-corrected chi connectivity index (χ0v) is 14.1. The smallest absolute Gasteiger partial charge is 0.339 e. The van der Waals surface area contributed by atoms with Crippen molar-refractivity contribution < 1.29 is 9.15 Å². The van der Waals surface area contributed by atoms with Crippen LogP contribution in [0.15, 0.2) is 57.7 Å². The Kier molecular flexibility index (Phi) is 5.58. The van der Waals surface area contributed by atoms with Gasteiger partial charge in [-0.3, -0.25) is 0 Å². The molecule has 0 unspecified atom stereocenters. The summed E-state index contributed by atoms with van der Waals surface area (Å²) >= 11 is 0. The predicted octanol–water partition coefficient (Wildman–Crippen LogP) is 4.80. The lowest BCUT2D eigenvalue weighted by molar-refractivity contribution is 0.340. The SMILES string of the molecule is CCOc1ccc2c(C)c(C)c(=O)oc2c1.Cc1ccccc1. The van der Waals surface area contributed by atoms with Crippen molar-refractivity contribution in [2.24, 2.45) is 0 Å². The first-order valence-electron chi connectivity index (χ1n) is 7.71. The summed E-state index contributed by atoms with van der Waals surface area (Å²) in [5.41, 5.74) is 3.26. The fourth-order valence-corrected chi connectivity index (χ4v) is 2.22. The highest BCUT2D eigenvalue weighted by molar-refractivity contribution is 5.82. The average Bonchev–Trinajstić information content (AvgIpc) is 2.54. The highest BCUT2D eigenvalue weighted by Gasteiger charge is 2.07. The molecule has 1 aromatic heterocycles. The van der Waals surface area contributed by atoms with E-state index in [0.717, 1.165) is 16.7 Å². The second-order valence-electron chi connectivity index (χ2n) is 5.39. The molecule has 0 aliphatic carbocycles. The first-order chi connectivity index (χ1) is 11.0. The van der Waals surface area contributed by atoms with Crippen molar-refractivity contribution in [1.82, 2.24) is 0 Å². The maximum atomic E-state index is 11.5. The third-order valence-electron chi connectivity index (χ3n) is 3.68. The minimum atomic E-state index is -0.279. The van der Waals surface area contributed by atoms with Crippen LogP contribution in [0.1, 0.15) is 23.6 Å². The maximum Gasteiger partial charge on any atom is 0.339 e. The second-order valence-corrected chi connectivity index (χ2v) is 5.39. The number of aryl methyl sites for hydroxylation is 2. The normalized spacial score (nSPS) is 10.1. The maximum absolute atomic E-state index is 11.5. The standard InChI is InChI=1S/C13H14O3.C7H8/c1-4-15-10-5-6-11-8(2)9(3)13(14)16-12(11)7-10;1-7-5-3-2-4-6-7/h5-7H,4H2,1-3H3;2-6H,1H3. The molecule has 0 N–H and O–H groups in total. The van der Waals surface area contributed by atoms with Gasteiger partial charge in [0, 0.05) is 17.0 Å². The molecule has 0 spiro atoms. The molecule has 0 saturated heterocycles. The van der Waals surface area contributed by atoms with Crippen LogP contribution in [-0.2, 0) is 0 Å². The minimum absolute atomic E-state index is 0.279. The van der Waals surface area contributed by atoms with Crippen LogP contribution in [0, 0.1) is 20.8 Å². The van der Waals surface area contributed by atoms with Crippen molar-refractivity contribution in [1.29, 1.82) is 0 Å². The zero-order valence-electron chi connectivity index (χ0n) is 14.1. The largest absolute Gasteiger partial charge is 0.494 e. The number of rotatable bonds is 2. The molecule has 0 atom stereocenters. The quantitative estimate of drug-likeness (QED) is 0.638. The molecule has 2 aromatic carbocycles. The molecule has 0 radical (unpaired) electrons. The van der Waals surface area contributed by atoms with Crippen molar-refractivity contribution in [3.63, 3.8) is 0 Å². The topological polar surface area (TPSA) is 39.4 Å². The molecule has 0 aliphatic heterocycles. The predicted molar refractivity (Wildman–Crippen MR) is 94.3 cm³/mol. The summed E-state index contributed by atoms with van der Waals surface area (Å²) in [4.78, 5) is 11.5. The van der Waals surface area contributed by atoms with E-state index in [9.17, 15) is 4.79 Å². The molecular weight excluding hydrogens is 288 g/mol. The third-order valence-corrected chi connectivity index (χ3v) is 3.68. The Balaban J connectivity index is 0.000000229. The molecule has 120 valence electrons. The second kappa shape index (κ2) is 7.63. The van der Waals surface area contributed by atoms with Gasteiger partial charge >= 0.3 is 5.63 Å². The van der Waals surface area contributed by atoms with Crippen LogP contribution in [0.25, 0.3) is 11.0 Å². The molecule has 3 aromatic rings. The molecular formula is C20H22O3. The van der Waals surface area contributed by atoms with E-state index in [0.29, 0.717) is 17.8 Å². The van der Waals surface area contributed by atoms with E-state index in [2.05, 4.69) is 19.1 Å². The van der Waals surface area contributed by atoms with Crippen molar-refractivity contribution in [2.45, 2.75) is 27.7 Å². The molecule has 3 heteroatoms. The lowest BCUT2D eigenvalue weighted by Gasteiger charge is -2.06. The van der Waals surface area contributed by atoms with E-state index in [1.54, 1.807) is 13.0 Å². The monoisotopic (exact) mass is 310 g/mol. The number of hydrogen-bond donors (Lipinski definition) is 0. The van der Waals surface area contributed by atoms with Crippen LogP contribution in [-0.4, -0.2) is 6.61 Å². The Bertz CT molecular complexity index is 833. The van der Waals surface area contributed by atoms with Crippen LogP contribution < -0.4 is 10.4 Å². The van der Waals surface area contributed by atoms with Crippen molar-refractivity contribution in [3.05, 3.63) is 75.6 Å². The van der Waals surface area contributed by atoms with E-state index in [-0.39, 0.29) is 5.63 Å². The van der Waals surface area contributed by atoms with Gasteiger partial charge in [0.2, 0.25) is 0 Å². The van der Waals surface area contributed by atoms with Crippen LogP contribution in [0.3, 0.4) is 0 Å². The van der Waals surface area contributed by atoms with Crippen molar-refractivity contribution >= 4 is 11.0 Å². The van der Waals surface area contributed by atoms with E-state index < -0.39 is 0 Å². The summed E-state index contributed by atoms with van der Waals surface area (Å²) in [5.74, 6) is 0.724. The van der Waals surface area contributed by atoms with E-state index >= 15 is 0 Å². The summed E-state index contributed by atoms with van der Waals surface area (Å²) in [7, 11) is 0.